The first-order valence-corrected chi connectivity index (χ1v) is 6.72. The zero-order chi connectivity index (χ0) is 13.1. The molecule has 0 atom stereocenters. The maximum atomic E-state index is 11.0. The molecule has 0 fully saturated rings. The molecular formula is C12H12BrClN2O2. The largest absolute Gasteiger partial charge is 0.380 e. The van der Waals surface area contributed by atoms with Crippen LogP contribution in [0.5, 0.6) is 0 Å². The Hall–Kier alpha value is -0.910. The van der Waals surface area contributed by atoms with Gasteiger partial charge in [0.25, 0.3) is 0 Å². The number of carbonyl (C=O) groups is 1. The SMILES string of the molecule is CCOCCn1c(C=O)nc2cc(Cl)c(Br)cc21. The van der Waals surface area contributed by atoms with Gasteiger partial charge in [0.15, 0.2) is 12.1 Å². The summed E-state index contributed by atoms with van der Waals surface area (Å²) in [5.74, 6) is 0.388. The number of rotatable bonds is 5. The summed E-state index contributed by atoms with van der Waals surface area (Å²) in [5, 5.41) is 0.578. The molecule has 0 amide bonds. The van der Waals surface area contributed by atoms with Gasteiger partial charge in [-0.2, -0.15) is 0 Å². The molecule has 18 heavy (non-hydrogen) atoms. The third-order valence-electron chi connectivity index (χ3n) is 2.59. The van der Waals surface area contributed by atoms with Gasteiger partial charge in [0, 0.05) is 17.6 Å². The average molecular weight is 332 g/mol. The van der Waals surface area contributed by atoms with Gasteiger partial charge in [-0.15, -0.1) is 0 Å². The van der Waals surface area contributed by atoms with E-state index in [0.717, 1.165) is 16.3 Å². The second kappa shape index (κ2) is 5.82. The van der Waals surface area contributed by atoms with Gasteiger partial charge in [-0.1, -0.05) is 11.6 Å². The fraction of sp³-hybridized carbons (Fsp3) is 0.333. The van der Waals surface area contributed by atoms with Crippen LogP contribution in [0.3, 0.4) is 0 Å². The molecule has 0 aliphatic rings. The highest BCUT2D eigenvalue weighted by Crippen LogP contribution is 2.28. The van der Waals surface area contributed by atoms with Crippen molar-refractivity contribution >= 4 is 44.9 Å². The van der Waals surface area contributed by atoms with Crippen molar-refractivity contribution in [2.75, 3.05) is 13.2 Å². The lowest BCUT2D eigenvalue weighted by Crippen LogP contribution is -2.08. The van der Waals surface area contributed by atoms with Crippen molar-refractivity contribution in [3.63, 3.8) is 0 Å². The van der Waals surface area contributed by atoms with Gasteiger partial charge in [-0.05, 0) is 35.0 Å². The summed E-state index contributed by atoms with van der Waals surface area (Å²) in [4.78, 5) is 15.3. The van der Waals surface area contributed by atoms with Gasteiger partial charge in [-0.25, -0.2) is 4.98 Å². The minimum Gasteiger partial charge on any atom is -0.380 e. The predicted molar refractivity (Wildman–Crippen MR) is 74.3 cm³/mol. The van der Waals surface area contributed by atoms with Crippen LogP contribution in [0.15, 0.2) is 16.6 Å². The highest BCUT2D eigenvalue weighted by Gasteiger charge is 2.12. The van der Waals surface area contributed by atoms with E-state index in [9.17, 15) is 4.79 Å². The number of imidazole rings is 1. The molecule has 0 saturated carbocycles. The van der Waals surface area contributed by atoms with E-state index in [1.54, 1.807) is 6.07 Å². The maximum absolute atomic E-state index is 11.0. The molecule has 0 aliphatic heterocycles. The van der Waals surface area contributed by atoms with Gasteiger partial charge in [0.05, 0.1) is 22.7 Å². The van der Waals surface area contributed by atoms with Crippen molar-refractivity contribution in [2.24, 2.45) is 0 Å². The van der Waals surface area contributed by atoms with Gasteiger partial charge >= 0.3 is 0 Å². The lowest BCUT2D eigenvalue weighted by Gasteiger charge is -2.06. The van der Waals surface area contributed by atoms with Crippen molar-refractivity contribution in [3.8, 4) is 0 Å². The molecule has 0 radical (unpaired) electrons. The Morgan fingerprint density at radius 2 is 2.33 bits per heavy atom. The second-order valence-corrected chi connectivity index (χ2v) is 4.95. The summed E-state index contributed by atoms with van der Waals surface area (Å²) in [5.41, 5.74) is 1.58. The fourth-order valence-electron chi connectivity index (χ4n) is 1.76. The third kappa shape index (κ3) is 2.58. The minimum atomic E-state index is 0.388. The Bertz CT molecular complexity index is 583. The summed E-state index contributed by atoms with van der Waals surface area (Å²) in [7, 11) is 0. The number of hydrogen-bond donors (Lipinski definition) is 0. The molecule has 0 spiro atoms. The lowest BCUT2D eigenvalue weighted by atomic mass is 10.3. The summed E-state index contributed by atoms with van der Waals surface area (Å²) in [6, 6.07) is 3.61. The van der Waals surface area contributed by atoms with E-state index in [4.69, 9.17) is 16.3 Å². The predicted octanol–water partition coefficient (Wildman–Crippen LogP) is 3.30. The number of hydrogen-bond acceptors (Lipinski definition) is 3. The number of halogens is 2. The van der Waals surface area contributed by atoms with Gasteiger partial charge in [-0.3, -0.25) is 4.79 Å². The Morgan fingerprint density at radius 1 is 1.56 bits per heavy atom. The number of nitrogens with zero attached hydrogens (tertiary/aromatic N) is 2. The van der Waals surface area contributed by atoms with Crippen molar-refractivity contribution < 1.29 is 9.53 Å². The minimum absolute atomic E-state index is 0.388. The number of carbonyl (C=O) groups excluding carboxylic acids is 1. The van der Waals surface area contributed by atoms with Crippen LogP contribution in [0.25, 0.3) is 11.0 Å². The number of fused-ring (bicyclic) bond motifs is 1. The van der Waals surface area contributed by atoms with Crippen molar-refractivity contribution in [1.29, 1.82) is 0 Å². The molecule has 1 aromatic heterocycles. The molecule has 2 aromatic rings. The van der Waals surface area contributed by atoms with Crippen LogP contribution < -0.4 is 0 Å². The van der Waals surface area contributed by atoms with Crippen molar-refractivity contribution in [2.45, 2.75) is 13.5 Å². The molecule has 6 heteroatoms. The number of ether oxygens (including phenoxy) is 1. The van der Waals surface area contributed by atoms with Gasteiger partial charge in [0.1, 0.15) is 0 Å². The molecule has 1 heterocycles. The van der Waals surface area contributed by atoms with Crippen molar-refractivity contribution in [3.05, 3.63) is 27.5 Å². The van der Waals surface area contributed by atoms with Gasteiger partial charge in [0.2, 0.25) is 0 Å². The topological polar surface area (TPSA) is 44.1 Å². The summed E-state index contributed by atoms with van der Waals surface area (Å²) in [6.07, 6.45) is 0.744. The molecule has 1 aromatic carbocycles. The first-order chi connectivity index (χ1) is 8.67. The fourth-order valence-corrected chi connectivity index (χ4v) is 2.25. The number of benzene rings is 1. The molecule has 0 bridgehead atoms. The molecule has 2 rings (SSSR count). The Labute approximate surface area is 118 Å². The summed E-state index contributed by atoms with van der Waals surface area (Å²) < 4.78 is 7.92. The average Bonchev–Trinajstić information content (AvgIpc) is 2.68. The number of aldehydes is 1. The molecule has 0 N–H and O–H groups in total. The van der Waals surface area contributed by atoms with Crippen LogP contribution in [-0.2, 0) is 11.3 Å². The van der Waals surface area contributed by atoms with Crippen LogP contribution in [-0.4, -0.2) is 29.1 Å². The first kappa shape index (κ1) is 13.5. The second-order valence-electron chi connectivity index (χ2n) is 3.69. The smallest absolute Gasteiger partial charge is 0.185 e. The first-order valence-electron chi connectivity index (χ1n) is 5.55. The standard InChI is InChI=1S/C12H12BrClN2O2/c1-2-18-4-3-16-11-5-8(13)9(14)6-10(11)15-12(16)7-17/h5-7H,2-4H2,1H3. The molecule has 0 saturated heterocycles. The van der Waals surface area contributed by atoms with E-state index in [2.05, 4.69) is 20.9 Å². The maximum Gasteiger partial charge on any atom is 0.185 e. The highest BCUT2D eigenvalue weighted by molar-refractivity contribution is 9.10. The van der Waals surface area contributed by atoms with Crippen LogP contribution in [0.4, 0.5) is 0 Å². The third-order valence-corrected chi connectivity index (χ3v) is 3.79. The van der Waals surface area contributed by atoms with Crippen LogP contribution >= 0.6 is 27.5 Å². The Kier molecular flexibility index (Phi) is 4.37. The quantitative estimate of drug-likeness (QED) is 0.624. The van der Waals surface area contributed by atoms with Crippen LogP contribution in [0.2, 0.25) is 5.02 Å². The normalized spacial score (nSPS) is 11.1. The molecule has 96 valence electrons. The van der Waals surface area contributed by atoms with Crippen LogP contribution in [0.1, 0.15) is 17.5 Å². The molecular weight excluding hydrogens is 320 g/mol. The molecule has 0 unspecified atom stereocenters. The van der Waals surface area contributed by atoms with Crippen molar-refractivity contribution in [1.82, 2.24) is 9.55 Å². The van der Waals surface area contributed by atoms with E-state index >= 15 is 0 Å². The van der Waals surface area contributed by atoms with E-state index in [-0.39, 0.29) is 0 Å². The summed E-state index contributed by atoms with van der Waals surface area (Å²) >= 11 is 9.38. The van der Waals surface area contributed by atoms with E-state index in [1.807, 2.05) is 17.6 Å². The van der Waals surface area contributed by atoms with E-state index in [1.165, 1.54) is 0 Å². The van der Waals surface area contributed by atoms with Gasteiger partial charge < -0.3 is 9.30 Å². The molecule has 4 nitrogen and oxygen atoms in total. The zero-order valence-electron chi connectivity index (χ0n) is 9.82. The molecule has 0 aliphatic carbocycles. The van der Waals surface area contributed by atoms with E-state index < -0.39 is 0 Å². The summed E-state index contributed by atoms with van der Waals surface area (Å²) in [6.45, 7) is 3.72. The Morgan fingerprint density at radius 3 is 3.00 bits per heavy atom. The number of aromatic nitrogens is 2. The highest BCUT2D eigenvalue weighted by atomic mass is 79.9. The Balaban J connectivity index is 2.47. The monoisotopic (exact) mass is 330 g/mol. The zero-order valence-corrected chi connectivity index (χ0v) is 12.2. The lowest BCUT2D eigenvalue weighted by molar-refractivity contribution is 0.110. The van der Waals surface area contributed by atoms with E-state index in [0.29, 0.717) is 36.1 Å². The van der Waals surface area contributed by atoms with Crippen LogP contribution in [0, 0.1) is 0 Å².